The molecule has 124 valence electrons. The molecule has 3 rings (SSSR count). The minimum Gasteiger partial charge on any atom is -0.361 e. The van der Waals surface area contributed by atoms with Crippen LogP contribution in [0.4, 0.5) is 0 Å². The highest BCUT2D eigenvalue weighted by molar-refractivity contribution is 6.09. The number of carbonyl (C=O) groups is 2. The first-order valence-corrected chi connectivity index (χ1v) is 8.18. The molecule has 4 heteroatoms. The third kappa shape index (κ3) is 2.58. The number of aromatic nitrogens is 2. The molecule has 0 atom stereocenters. The van der Waals surface area contributed by atoms with E-state index in [0.717, 1.165) is 29.9 Å². The monoisotopic (exact) mass is 322 g/mol. The van der Waals surface area contributed by atoms with E-state index in [1.54, 1.807) is 0 Å². The molecular formula is C20H22N2O2. The Labute approximate surface area is 141 Å². The molecule has 2 heterocycles. The van der Waals surface area contributed by atoms with E-state index in [2.05, 4.69) is 21.7 Å². The summed E-state index contributed by atoms with van der Waals surface area (Å²) >= 11 is 0. The number of fused-ring (bicyclic) bond motifs is 1. The van der Waals surface area contributed by atoms with Gasteiger partial charge >= 0.3 is 0 Å². The van der Waals surface area contributed by atoms with Gasteiger partial charge in [0.25, 0.3) is 0 Å². The van der Waals surface area contributed by atoms with E-state index < -0.39 is 0 Å². The molecule has 1 aromatic carbocycles. The standard InChI is InChI=1S/C20H22N2O2/c1-12-19(14(3)23)20(15(4)24)13(2)22(12)10-9-16-11-21-18-8-6-5-7-17(16)18/h5-8,11,21H,9-10H2,1-4H3. The van der Waals surface area contributed by atoms with Crippen LogP contribution in [-0.4, -0.2) is 21.1 Å². The Balaban J connectivity index is 1.97. The summed E-state index contributed by atoms with van der Waals surface area (Å²) in [4.78, 5) is 27.3. The molecule has 0 fully saturated rings. The van der Waals surface area contributed by atoms with E-state index in [9.17, 15) is 9.59 Å². The van der Waals surface area contributed by atoms with Gasteiger partial charge in [-0.3, -0.25) is 9.59 Å². The Hall–Kier alpha value is -2.62. The number of para-hydroxylation sites is 1. The SMILES string of the molecule is CC(=O)c1c(C(C)=O)c(C)n(CCc2c[nH]c3ccccc23)c1C. The molecule has 0 unspecified atom stereocenters. The van der Waals surface area contributed by atoms with E-state index in [1.807, 2.05) is 32.2 Å². The number of aryl methyl sites for hydroxylation is 1. The van der Waals surface area contributed by atoms with Gasteiger partial charge in [-0.15, -0.1) is 0 Å². The molecular weight excluding hydrogens is 300 g/mol. The van der Waals surface area contributed by atoms with Crippen molar-refractivity contribution >= 4 is 22.5 Å². The number of hydrogen-bond acceptors (Lipinski definition) is 2. The summed E-state index contributed by atoms with van der Waals surface area (Å²) in [5, 5.41) is 1.22. The minimum absolute atomic E-state index is 0.0494. The third-order valence-corrected chi connectivity index (χ3v) is 4.77. The quantitative estimate of drug-likeness (QED) is 0.715. The Morgan fingerprint density at radius 1 is 1.00 bits per heavy atom. The highest BCUT2D eigenvalue weighted by Crippen LogP contribution is 2.25. The maximum atomic E-state index is 12.0. The first kappa shape index (κ1) is 16.2. The number of benzene rings is 1. The summed E-state index contributed by atoms with van der Waals surface area (Å²) in [6.07, 6.45) is 2.88. The average molecular weight is 322 g/mol. The van der Waals surface area contributed by atoms with Crippen LogP contribution in [0.1, 0.15) is 51.5 Å². The molecule has 1 N–H and O–H groups in total. The maximum absolute atomic E-state index is 12.0. The number of hydrogen-bond donors (Lipinski definition) is 1. The van der Waals surface area contributed by atoms with E-state index >= 15 is 0 Å². The lowest BCUT2D eigenvalue weighted by atomic mass is 10.0. The zero-order valence-corrected chi connectivity index (χ0v) is 14.6. The molecule has 2 aromatic heterocycles. The summed E-state index contributed by atoms with van der Waals surface area (Å²) in [5.74, 6) is -0.0988. The lowest BCUT2D eigenvalue weighted by molar-refractivity contribution is 0.0981. The molecule has 3 aromatic rings. The van der Waals surface area contributed by atoms with Gasteiger partial charge < -0.3 is 9.55 Å². The molecule has 0 saturated carbocycles. The van der Waals surface area contributed by atoms with Crippen LogP contribution in [0.5, 0.6) is 0 Å². The number of nitrogens with zero attached hydrogens (tertiary/aromatic N) is 1. The highest BCUT2D eigenvalue weighted by Gasteiger charge is 2.23. The van der Waals surface area contributed by atoms with Crippen LogP contribution in [0.15, 0.2) is 30.5 Å². The van der Waals surface area contributed by atoms with Crippen LogP contribution in [0.25, 0.3) is 10.9 Å². The van der Waals surface area contributed by atoms with Gasteiger partial charge in [0.1, 0.15) is 0 Å². The summed E-state index contributed by atoms with van der Waals surface area (Å²) in [5.41, 5.74) is 5.27. The number of H-pyrrole nitrogens is 1. The average Bonchev–Trinajstić information content (AvgIpc) is 3.05. The molecule has 0 radical (unpaired) electrons. The fourth-order valence-electron chi connectivity index (χ4n) is 3.65. The first-order chi connectivity index (χ1) is 11.4. The minimum atomic E-state index is -0.0494. The van der Waals surface area contributed by atoms with E-state index in [-0.39, 0.29) is 11.6 Å². The fraction of sp³-hybridized carbons (Fsp3) is 0.300. The second-order valence-electron chi connectivity index (χ2n) is 6.29. The third-order valence-electron chi connectivity index (χ3n) is 4.77. The Kier molecular flexibility index (Phi) is 4.14. The van der Waals surface area contributed by atoms with Crippen molar-refractivity contribution in [2.45, 2.75) is 40.7 Å². The van der Waals surface area contributed by atoms with Crippen molar-refractivity contribution < 1.29 is 9.59 Å². The molecule has 0 bridgehead atoms. The van der Waals surface area contributed by atoms with E-state index in [1.165, 1.54) is 24.8 Å². The van der Waals surface area contributed by atoms with Crippen LogP contribution in [-0.2, 0) is 13.0 Å². The highest BCUT2D eigenvalue weighted by atomic mass is 16.1. The fourth-order valence-corrected chi connectivity index (χ4v) is 3.65. The van der Waals surface area contributed by atoms with Gasteiger partial charge in [-0.2, -0.15) is 0 Å². The smallest absolute Gasteiger partial charge is 0.162 e. The van der Waals surface area contributed by atoms with Gasteiger partial charge in [0.2, 0.25) is 0 Å². The van der Waals surface area contributed by atoms with Gasteiger partial charge in [-0.1, -0.05) is 18.2 Å². The zero-order chi connectivity index (χ0) is 17.4. The Morgan fingerprint density at radius 2 is 1.58 bits per heavy atom. The van der Waals surface area contributed by atoms with Crippen molar-refractivity contribution in [2.75, 3.05) is 0 Å². The predicted molar refractivity (Wildman–Crippen MR) is 95.9 cm³/mol. The number of aromatic amines is 1. The number of rotatable bonds is 5. The Bertz CT molecular complexity index is 907. The Morgan fingerprint density at radius 3 is 2.17 bits per heavy atom. The zero-order valence-electron chi connectivity index (χ0n) is 14.6. The molecule has 0 amide bonds. The lowest BCUT2D eigenvalue weighted by Gasteiger charge is -2.09. The summed E-state index contributed by atoms with van der Waals surface area (Å²) in [7, 11) is 0. The van der Waals surface area contributed by atoms with Crippen molar-refractivity contribution in [1.82, 2.24) is 9.55 Å². The van der Waals surface area contributed by atoms with Gasteiger partial charge in [-0.25, -0.2) is 0 Å². The second-order valence-corrected chi connectivity index (χ2v) is 6.29. The summed E-state index contributed by atoms with van der Waals surface area (Å²) in [6, 6.07) is 8.22. The van der Waals surface area contributed by atoms with E-state index in [4.69, 9.17) is 0 Å². The number of ketones is 2. The van der Waals surface area contributed by atoms with Crippen molar-refractivity contribution in [3.8, 4) is 0 Å². The predicted octanol–water partition coefficient (Wildman–Crippen LogP) is 4.23. The molecule has 0 aliphatic heterocycles. The molecule has 0 saturated heterocycles. The molecule has 0 aliphatic carbocycles. The first-order valence-electron chi connectivity index (χ1n) is 8.18. The topological polar surface area (TPSA) is 54.9 Å². The lowest BCUT2D eigenvalue weighted by Crippen LogP contribution is -2.06. The molecule has 0 aliphatic rings. The number of carbonyl (C=O) groups excluding carboxylic acids is 2. The van der Waals surface area contributed by atoms with Crippen LogP contribution in [0.2, 0.25) is 0 Å². The van der Waals surface area contributed by atoms with Crippen molar-refractivity contribution in [2.24, 2.45) is 0 Å². The van der Waals surface area contributed by atoms with Gasteiger partial charge in [0.15, 0.2) is 11.6 Å². The van der Waals surface area contributed by atoms with Gasteiger partial charge in [0.05, 0.1) is 0 Å². The van der Waals surface area contributed by atoms with Crippen LogP contribution >= 0.6 is 0 Å². The molecule has 4 nitrogen and oxygen atoms in total. The summed E-state index contributed by atoms with van der Waals surface area (Å²) in [6.45, 7) is 7.64. The van der Waals surface area contributed by atoms with Gasteiger partial charge in [-0.05, 0) is 45.7 Å². The maximum Gasteiger partial charge on any atom is 0.162 e. The number of nitrogens with one attached hydrogen (secondary N) is 1. The van der Waals surface area contributed by atoms with Crippen LogP contribution in [0.3, 0.4) is 0 Å². The molecule has 0 spiro atoms. The van der Waals surface area contributed by atoms with Gasteiger partial charge in [0, 0.05) is 46.2 Å². The normalized spacial score (nSPS) is 11.2. The summed E-state index contributed by atoms with van der Waals surface area (Å²) < 4.78 is 2.09. The van der Waals surface area contributed by atoms with Crippen LogP contribution in [0, 0.1) is 13.8 Å². The number of Topliss-reactive ketones (excluding diaryl/α,β-unsaturated/α-hetero) is 2. The van der Waals surface area contributed by atoms with E-state index in [0.29, 0.717) is 11.1 Å². The second kappa shape index (κ2) is 6.11. The van der Waals surface area contributed by atoms with Crippen molar-refractivity contribution in [3.63, 3.8) is 0 Å². The van der Waals surface area contributed by atoms with Crippen molar-refractivity contribution in [1.29, 1.82) is 0 Å². The van der Waals surface area contributed by atoms with Crippen molar-refractivity contribution in [3.05, 3.63) is 58.5 Å². The van der Waals surface area contributed by atoms with Crippen LogP contribution < -0.4 is 0 Å². The molecule has 24 heavy (non-hydrogen) atoms. The largest absolute Gasteiger partial charge is 0.361 e.